The number of ketones is 2. The number of nitrogens with zero attached hydrogens (tertiary/aromatic N) is 3. The molecule has 0 unspecified atom stereocenters. The fourth-order valence-corrected chi connectivity index (χ4v) is 9.70. The van der Waals surface area contributed by atoms with Gasteiger partial charge in [0.1, 0.15) is 5.75 Å². The number of hydrogen-bond acceptors (Lipinski definition) is 10. The van der Waals surface area contributed by atoms with Gasteiger partial charge in [0.25, 0.3) is 0 Å². The quantitative estimate of drug-likeness (QED) is 0.137. The van der Waals surface area contributed by atoms with Crippen LogP contribution < -0.4 is 4.90 Å². The standard InChI is InChI=1S/C50H63N3O9/c1-31(2)39(29-47(57)61-5)49(59)51-25-7-9-43(51)45(55)27-33-11-15-35(16-12-33)41-23-24-42(53(41)37-19-21-38(54)22-20-37)36-17-13-34(14-18-36)28-46(56)44-10-8-26-52(44)50(60)40(32(3)4)30-48(58)62-6/h11-22,31-32,39-44,54H,7-10,23-30H2,1-6H3/t39-,40-,41-,42-,43-,44-/m0/s1. The number of amides is 2. The van der Waals surface area contributed by atoms with Crippen LogP contribution in [0.2, 0.25) is 0 Å². The highest BCUT2D eigenvalue weighted by Crippen LogP contribution is 2.47. The van der Waals surface area contributed by atoms with Gasteiger partial charge in [-0.1, -0.05) is 76.2 Å². The zero-order valence-electron chi connectivity index (χ0n) is 37.1. The van der Waals surface area contributed by atoms with Crippen LogP contribution in [-0.2, 0) is 51.1 Å². The van der Waals surface area contributed by atoms with Gasteiger partial charge in [0.2, 0.25) is 11.8 Å². The summed E-state index contributed by atoms with van der Waals surface area (Å²) in [6.07, 6.45) is 4.80. The van der Waals surface area contributed by atoms with Gasteiger partial charge in [0.15, 0.2) is 11.6 Å². The van der Waals surface area contributed by atoms with Crippen LogP contribution in [0.25, 0.3) is 0 Å². The average molecular weight is 850 g/mol. The van der Waals surface area contributed by atoms with E-state index < -0.39 is 35.9 Å². The van der Waals surface area contributed by atoms with Crippen LogP contribution in [-0.4, -0.2) is 89.6 Å². The Balaban J connectivity index is 1.13. The first-order chi connectivity index (χ1) is 29.7. The summed E-state index contributed by atoms with van der Waals surface area (Å²) in [5.74, 6) is -2.26. The summed E-state index contributed by atoms with van der Waals surface area (Å²) in [5.41, 5.74) is 4.90. The van der Waals surface area contributed by atoms with Crippen molar-refractivity contribution in [3.05, 3.63) is 95.1 Å². The molecule has 0 aliphatic carbocycles. The van der Waals surface area contributed by atoms with Crippen molar-refractivity contribution in [1.82, 2.24) is 9.80 Å². The molecule has 3 saturated heterocycles. The number of carbonyl (C=O) groups is 6. The minimum atomic E-state index is -0.541. The van der Waals surface area contributed by atoms with Crippen LogP contribution in [0.5, 0.6) is 5.75 Å². The molecule has 3 aliphatic heterocycles. The Bertz CT molecular complexity index is 1940. The summed E-state index contributed by atoms with van der Waals surface area (Å²) in [7, 11) is 2.63. The number of anilines is 1. The molecule has 12 heteroatoms. The zero-order valence-corrected chi connectivity index (χ0v) is 37.1. The largest absolute Gasteiger partial charge is 0.508 e. The molecule has 3 aliphatic rings. The van der Waals surface area contributed by atoms with Gasteiger partial charge in [-0.2, -0.15) is 0 Å². The fourth-order valence-electron chi connectivity index (χ4n) is 9.70. The van der Waals surface area contributed by atoms with E-state index in [1.54, 1.807) is 21.9 Å². The third-order valence-electron chi connectivity index (χ3n) is 13.3. The van der Waals surface area contributed by atoms with Gasteiger partial charge >= 0.3 is 11.9 Å². The predicted molar refractivity (Wildman–Crippen MR) is 235 cm³/mol. The highest BCUT2D eigenvalue weighted by Gasteiger charge is 2.41. The highest BCUT2D eigenvalue weighted by molar-refractivity contribution is 5.93. The second kappa shape index (κ2) is 20.6. The van der Waals surface area contributed by atoms with E-state index >= 15 is 0 Å². The van der Waals surface area contributed by atoms with Crippen molar-refractivity contribution in [3.8, 4) is 5.75 Å². The molecule has 0 bridgehead atoms. The molecule has 62 heavy (non-hydrogen) atoms. The lowest BCUT2D eigenvalue weighted by Crippen LogP contribution is -2.45. The minimum Gasteiger partial charge on any atom is -0.508 e. The number of likely N-dealkylation sites (tertiary alicyclic amines) is 2. The number of rotatable bonds is 17. The highest BCUT2D eigenvalue weighted by atomic mass is 16.5. The smallest absolute Gasteiger partial charge is 0.306 e. The molecule has 0 saturated carbocycles. The van der Waals surface area contributed by atoms with Crippen molar-refractivity contribution in [2.24, 2.45) is 23.7 Å². The summed E-state index contributed by atoms with van der Waals surface area (Å²) in [5, 5.41) is 10.2. The molecule has 6 rings (SSSR count). The molecule has 0 aromatic heterocycles. The SMILES string of the molecule is COC(=O)C[C@H](C(=O)N1CCC[C@H]1C(=O)Cc1ccc([C@@H]2CC[C@@H](c3ccc(CC(=O)[C@@H]4CCCN4C(=O)[C@@H](CC(=O)OC)C(C)C)cc3)N2c2ccc(O)cc2)cc1)C(C)C. The van der Waals surface area contributed by atoms with E-state index in [1.165, 1.54) is 14.2 Å². The Morgan fingerprint density at radius 1 is 0.581 bits per heavy atom. The molecule has 0 radical (unpaired) electrons. The van der Waals surface area contributed by atoms with Gasteiger partial charge in [0.05, 0.1) is 63.1 Å². The molecule has 3 fully saturated rings. The van der Waals surface area contributed by atoms with Gasteiger partial charge in [-0.3, -0.25) is 28.8 Å². The van der Waals surface area contributed by atoms with Gasteiger partial charge < -0.3 is 29.3 Å². The first-order valence-electron chi connectivity index (χ1n) is 22.3. The Morgan fingerprint density at radius 3 is 1.32 bits per heavy atom. The number of carbonyl (C=O) groups excluding carboxylic acids is 6. The Morgan fingerprint density at radius 2 is 0.968 bits per heavy atom. The maximum atomic E-state index is 13.7. The van der Waals surface area contributed by atoms with Crippen LogP contribution in [0.15, 0.2) is 72.8 Å². The molecular formula is C50H63N3O9. The van der Waals surface area contributed by atoms with Crippen molar-refractivity contribution >= 4 is 41.0 Å². The van der Waals surface area contributed by atoms with E-state index in [9.17, 15) is 33.9 Å². The number of methoxy groups -OCH3 is 2. The van der Waals surface area contributed by atoms with E-state index in [-0.39, 0.29) is 78.7 Å². The molecule has 3 aromatic carbocycles. The molecule has 0 spiro atoms. The summed E-state index contributed by atoms with van der Waals surface area (Å²) in [4.78, 5) is 84.6. The molecule has 2 amide bonds. The molecule has 3 heterocycles. The monoisotopic (exact) mass is 849 g/mol. The Kier molecular flexibility index (Phi) is 15.3. The molecule has 1 N–H and O–H groups in total. The Hall–Kier alpha value is -5.52. The van der Waals surface area contributed by atoms with Gasteiger partial charge in [-0.25, -0.2) is 0 Å². The number of phenolic OH excluding ortho intramolecular Hbond substituents is 1. The van der Waals surface area contributed by atoms with Gasteiger partial charge in [-0.15, -0.1) is 0 Å². The number of Topliss-reactive ketones (excluding diaryl/α,β-unsaturated/α-hetero) is 2. The molecule has 332 valence electrons. The molecule has 3 aromatic rings. The number of benzene rings is 3. The van der Waals surface area contributed by atoms with E-state index in [1.807, 2.05) is 64.1 Å². The number of hydrogen-bond donors (Lipinski definition) is 1. The minimum absolute atomic E-state index is 0.00736. The van der Waals surface area contributed by atoms with Crippen molar-refractivity contribution in [3.63, 3.8) is 0 Å². The average Bonchev–Trinajstić information content (AvgIpc) is 4.06. The number of ether oxygens (including phenoxy) is 2. The fraction of sp³-hybridized carbons (Fsp3) is 0.520. The molecular weight excluding hydrogens is 787 g/mol. The topological polar surface area (TPSA) is 151 Å². The van der Waals surface area contributed by atoms with Gasteiger partial charge in [-0.05, 0) is 96.9 Å². The van der Waals surface area contributed by atoms with E-state index in [2.05, 4.69) is 29.2 Å². The molecule has 12 nitrogen and oxygen atoms in total. The van der Waals surface area contributed by atoms with Crippen molar-refractivity contribution in [1.29, 1.82) is 0 Å². The maximum Gasteiger partial charge on any atom is 0.306 e. The number of aromatic hydroxyl groups is 1. The summed E-state index contributed by atoms with van der Waals surface area (Å²) in [6, 6.07) is 22.5. The first-order valence-corrected chi connectivity index (χ1v) is 22.3. The second-order valence-electron chi connectivity index (χ2n) is 17.9. The lowest BCUT2D eigenvalue weighted by molar-refractivity contribution is -0.149. The van der Waals surface area contributed by atoms with Crippen LogP contribution in [0.4, 0.5) is 5.69 Å². The number of phenols is 1. The van der Waals surface area contributed by atoms with E-state index in [0.717, 1.165) is 53.6 Å². The summed E-state index contributed by atoms with van der Waals surface area (Å²) >= 11 is 0. The first kappa shape index (κ1) is 46.0. The van der Waals surface area contributed by atoms with E-state index in [0.29, 0.717) is 25.9 Å². The second-order valence-corrected chi connectivity index (χ2v) is 17.9. The third kappa shape index (κ3) is 10.6. The lowest BCUT2D eigenvalue weighted by Gasteiger charge is -2.33. The predicted octanol–water partition coefficient (Wildman–Crippen LogP) is 7.35. The number of esters is 2. The van der Waals surface area contributed by atoms with Crippen LogP contribution in [0.1, 0.15) is 113 Å². The Labute approximate surface area is 365 Å². The van der Waals surface area contributed by atoms with Crippen molar-refractivity contribution in [2.45, 2.75) is 116 Å². The summed E-state index contributed by atoms with van der Waals surface area (Å²) < 4.78 is 9.70. The van der Waals surface area contributed by atoms with E-state index in [4.69, 9.17) is 9.47 Å². The lowest BCUT2D eigenvalue weighted by atomic mass is 9.90. The van der Waals surface area contributed by atoms with Crippen molar-refractivity contribution in [2.75, 3.05) is 32.2 Å². The van der Waals surface area contributed by atoms with Crippen molar-refractivity contribution < 1.29 is 43.3 Å². The normalized spacial score (nSPS) is 21.0. The summed E-state index contributed by atoms with van der Waals surface area (Å²) in [6.45, 7) is 8.63. The maximum absolute atomic E-state index is 13.7. The zero-order chi connectivity index (χ0) is 44.7. The third-order valence-corrected chi connectivity index (χ3v) is 13.3. The van der Waals surface area contributed by atoms with Crippen LogP contribution >= 0.6 is 0 Å². The van der Waals surface area contributed by atoms with Crippen LogP contribution in [0.3, 0.4) is 0 Å². The van der Waals surface area contributed by atoms with Crippen LogP contribution in [0, 0.1) is 23.7 Å². The van der Waals surface area contributed by atoms with Gasteiger partial charge in [0, 0.05) is 31.6 Å². The molecule has 6 atom stereocenters.